The van der Waals surface area contributed by atoms with Crippen molar-refractivity contribution in [3.05, 3.63) is 29.8 Å². The summed E-state index contributed by atoms with van der Waals surface area (Å²) in [4.78, 5) is 12.0. The lowest BCUT2D eigenvalue weighted by molar-refractivity contribution is -0.120. The summed E-state index contributed by atoms with van der Waals surface area (Å²) >= 11 is 0. The molecule has 1 rings (SSSR count). The number of methoxy groups -OCH3 is 1. The lowest BCUT2D eigenvalue weighted by atomic mass is 10.00. The van der Waals surface area contributed by atoms with E-state index in [1.165, 1.54) is 0 Å². The predicted molar refractivity (Wildman–Crippen MR) is 81.8 cm³/mol. The van der Waals surface area contributed by atoms with Crippen molar-refractivity contribution in [2.75, 3.05) is 20.2 Å². The van der Waals surface area contributed by atoms with Crippen molar-refractivity contribution in [1.82, 2.24) is 5.32 Å². The van der Waals surface area contributed by atoms with E-state index in [9.17, 15) is 4.79 Å². The minimum atomic E-state index is 0.0348. The number of carbonyl (C=O) groups excluding carboxylic acids is 1. The average molecular weight is 278 g/mol. The SMILES string of the molecule is CCCC(CCN)CNC(=O)Cc1ccccc1OC. The molecular weight excluding hydrogens is 252 g/mol. The summed E-state index contributed by atoms with van der Waals surface area (Å²) in [5.74, 6) is 1.27. The molecule has 1 atom stereocenters. The Bertz CT molecular complexity index is 401. The molecule has 0 radical (unpaired) electrons. The summed E-state index contributed by atoms with van der Waals surface area (Å²) in [5, 5.41) is 3.00. The number of nitrogens with two attached hydrogens (primary N) is 1. The fourth-order valence-electron chi connectivity index (χ4n) is 2.34. The van der Waals surface area contributed by atoms with Crippen LogP contribution in [0, 0.1) is 5.92 Å². The van der Waals surface area contributed by atoms with Crippen molar-refractivity contribution in [2.24, 2.45) is 11.7 Å². The van der Waals surface area contributed by atoms with Gasteiger partial charge in [0.25, 0.3) is 0 Å². The van der Waals surface area contributed by atoms with Crippen LogP contribution in [0.3, 0.4) is 0 Å². The topological polar surface area (TPSA) is 64.3 Å². The third-order valence-corrected chi connectivity index (χ3v) is 3.40. The number of carbonyl (C=O) groups is 1. The van der Waals surface area contributed by atoms with E-state index in [-0.39, 0.29) is 5.91 Å². The number of ether oxygens (including phenoxy) is 1. The molecule has 3 N–H and O–H groups in total. The first-order valence-corrected chi connectivity index (χ1v) is 7.29. The molecule has 1 aromatic carbocycles. The maximum atomic E-state index is 12.0. The van der Waals surface area contributed by atoms with Gasteiger partial charge in [-0.2, -0.15) is 0 Å². The largest absolute Gasteiger partial charge is 0.496 e. The third kappa shape index (κ3) is 5.61. The van der Waals surface area contributed by atoms with Crippen molar-refractivity contribution in [2.45, 2.75) is 32.6 Å². The molecule has 20 heavy (non-hydrogen) atoms. The molecule has 0 bridgehead atoms. The number of amides is 1. The molecule has 0 fully saturated rings. The molecule has 1 amide bonds. The van der Waals surface area contributed by atoms with Gasteiger partial charge in [-0.3, -0.25) is 4.79 Å². The number of nitrogens with one attached hydrogen (secondary N) is 1. The van der Waals surface area contributed by atoms with E-state index in [4.69, 9.17) is 10.5 Å². The first-order chi connectivity index (χ1) is 9.71. The minimum absolute atomic E-state index is 0.0348. The zero-order chi connectivity index (χ0) is 14.8. The summed E-state index contributed by atoms with van der Waals surface area (Å²) in [5.41, 5.74) is 6.51. The molecule has 112 valence electrons. The minimum Gasteiger partial charge on any atom is -0.496 e. The van der Waals surface area contributed by atoms with Crippen LogP contribution in [0.1, 0.15) is 31.7 Å². The van der Waals surface area contributed by atoms with Crippen molar-refractivity contribution in [3.8, 4) is 5.75 Å². The zero-order valence-corrected chi connectivity index (χ0v) is 12.5. The summed E-state index contributed by atoms with van der Waals surface area (Å²) < 4.78 is 5.25. The van der Waals surface area contributed by atoms with Crippen LogP contribution in [0.2, 0.25) is 0 Å². The predicted octanol–water partition coefficient (Wildman–Crippen LogP) is 2.12. The van der Waals surface area contributed by atoms with Crippen molar-refractivity contribution in [3.63, 3.8) is 0 Å². The molecule has 1 unspecified atom stereocenters. The summed E-state index contributed by atoms with van der Waals surface area (Å²) in [6.07, 6.45) is 3.54. The van der Waals surface area contributed by atoms with Gasteiger partial charge in [-0.15, -0.1) is 0 Å². The van der Waals surface area contributed by atoms with E-state index in [1.54, 1.807) is 7.11 Å². The Labute approximate surface area is 121 Å². The van der Waals surface area contributed by atoms with Crippen molar-refractivity contribution >= 4 is 5.91 Å². The van der Waals surface area contributed by atoms with Gasteiger partial charge in [-0.05, 0) is 31.4 Å². The lowest BCUT2D eigenvalue weighted by Gasteiger charge is -2.16. The highest BCUT2D eigenvalue weighted by atomic mass is 16.5. The van der Waals surface area contributed by atoms with Crippen LogP contribution in [0.5, 0.6) is 5.75 Å². The Morgan fingerprint density at radius 1 is 1.35 bits per heavy atom. The van der Waals surface area contributed by atoms with Crippen LogP contribution in [0.25, 0.3) is 0 Å². The number of hydrogen-bond donors (Lipinski definition) is 2. The molecule has 1 aromatic rings. The molecule has 0 saturated heterocycles. The van der Waals surface area contributed by atoms with E-state index >= 15 is 0 Å². The second kappa shape index (κ2) is 9.37. The van der Waals surface area contributed by atoms with E-state index < -0.39 is 0 Å². The summed E-state index contributed by atoms with van der Waals surface area (Å²) in [7, 11) is 1.62. The Hall–Kier alpha value is -1.55. The molecule has 0 saturated carbocycles. The molecule has 0 aliphatic heterocycles. The fourth-order valence-corrected chi connectivity index (χ4v) is 2.34. The molecule has 0 heterocycles. The van der Waals surface area contributed by atoms with Crippen LogP contribution < -0.4 is 15.8 Å². The highest BCUT2D eigenvalue weighted by Crippen LogP contribution is 2.17. The van der Waals surface area contributed by atoms with Gasteiger partial charge < -0.3 is 15.8 Å². The van der Waals surface area contributed by atoms with Crippen LogP contribution in [-0.2, 0) is 11.2 Å². The highest BCUT2D eigenvalue weighted by molar-refractivity contribution is 5.79. The molecule has 0 aromatic heterocycles. The smallest absolute Gasteiger partial charge is 0.224 e. The van der Waals surface area contributed by atoms with Gasteiger partial charge in [0.2, 0.25) is 5.91 Å². The number of rotatable bonds is 9. The Morgan fingerprint density at radius 3 is 2.75 bits per heavy atom. The Balaban J connectivity index is 2.46. The fraction of sp³-hybridized carbons (Fsp3) is 0.562. The molecule has 0 aliphatic rings. The first kappa shape index (κ1) is 16.5. The number of hydrogen-bond acceptors (Lipinski definition) is 3. The van der Waals surface area contributed by atoms with Crippen LogP contribution in [-0.4, -0.2) is 26.1 Å². The number of benzene rings is 1. The van der Waals surface area contributed by atoms with Gasteiger partial charge in [0, 0.05) is 12.1 Å². The van der Waals surface area contributed by atoms with Gasteiger partial charge in [0.05, 0.1) is 13.5 Å². The zero-order valence-electron chi connectivity index (χ0n) is 12.5. The normalized spacial score (nSPS) is 11.9. The standard InChI is InChI=1S/C16H26N2O2/c1-3-6-13(9-10-17)12-18-16(19)11-14-7-4-5-8-15(14)20-2/h4-5,7-8,13H,3,6,9-12,17H2,1-2H3,(H,18,19). The lowest BCUT2D eigenvalue weighted by Crippen LogP contribution is -2.31. The van der Waals surface area contributed by atoms with Gasteiger partial charge in [-0.1, -0.05) is 31.5 Å². The molecule has 4 nitrogen and oxygen atoms in total. The highest BCUT2D eigenvalue weighted by Gasteiger charge is 2.11. The summed E-state index contributed by atoms with van der Waals surface area (Å²) in [6, 6.07) is 7.61. The molecular formula is C16H26N2O2. The van der Waals surface area contributed by atoms with Crippen LogP contribution in [0.4, 0.5) is 0 Å². The maximum absolute atomic E-state index is 12.0. The second-order valence-corrected chi connectivity index (χ2v) is 5.02. The van der Waals surface area contributed by atoms with Crippen molar-refractivity contribution < 1.29 is 9.53 Å². The Morgan fingerprint density at radius 2 is 2.10 bits per heavy atom. The van der Waals surface area contributed by atoms with E-state index in [0.717, 1.165) is 30.6 Å². The maximum Gasteiger partial charge on any atom is 0.224 e. The summed E-state index contributed by atoms with van der Waals surface area (Å²) in [6.45, 7) is 3.53. The molecule has 0 aliphatic carbocycles. The molecule has 0 spiro atoms. The first-order valence-electron chi connectivity index (χ1n) is 7.29. The van der Waals surface area contributed by atoms with Gasteiger partial charge in [0.1, 0.15) is 5.75 Å². The van der Waals surface area contributed by atoms with Gasteiger partial charge >= 0.3 is 0 Å². The second-order valence-electron chi connectivity index (χ2n) is 5.02. The quantitative estimate of drug-likeness (QED) is 0.727. The van der Waals surface area contributed by atoms with E-state index in [0.29, 0.717) is 25.4 Å². The number of para-hydroxylation sites is 1. The Kier molecular flexibility index (Phi) is 7.73. The van der Waals surface area contributed by atoms with E-state index in [2.05, 4.69) is 12.2 Å². The van der Waals surface area contributed by atoms with Gasteiger partial charge in [0.15, 0.2) is 0 Å². The van der Waals surface area contributed by atoms with Crippen molar-refractivity contribution in [1.29, 1.82) is 0 Å². The van der Waals surface area contributed by atoms with Crippen LogP contribution in [0.15, 0.2) is 24.3 Å². The third-order valence-electron chi connectivity index (χ3n) is 3.40. The molecule has 4 heteroatoms. The van der Waals surface area contributed by atoms with E-state index in [1.807, 2.05) is 24.3 Å². The van der Waals surface area contributed by atoms with Crippen LogP contribution >= 0.6 is 0 Å². The van der Waals surface area contributed by atoms with Gasteiger partial charge in [-0.25, -0.2) is 0 Å². The monoisotopic (exact) mass is 278 g/mol. The average Bonchev–Trinajstić information content (AvgIpc) is 2.46.